The van der Waals surface area contributed by atoms with Gasteiger partial charge in [0.25, 0.3) is 5.91 Å². The molecule has 4 rings (SSSR count). The first-order valence-electron chi connectivity index (χ1n) is 11.1. The number of nitriles is 1. The molecule has 3 aromatic rings. The van der Waals surface area contributed by atoms with Gasteiger partial charge in [0.1, 0.15) is 29.3 Å². The number of nitrogens with one attached hydrogen (secondary N) is 1. The fourth-order valence-electron chi connectivity index (χ4n) is 3.81. The molecule has 0 radical (unpaired) electrons. The van der Waals surface area contributed by atoms with Gasteiger partial charge >= 0.3 is 0 Å². The van der Waals surface area contributed by atoms with Crippen LogP contribution in [0.1, 0.15) is 22.3 Å². The predicted octanol–water partition coefficient (Wildman–Crippen LogP) is 2.95. The number of aromatic nitrogens is 3. The van der Waals surface area contributed by atoms with E-state index >= 15 is 0 Å². The Morgan fingerprint density at radius 1 is 1.23 bits per heavy atom. The maximum absolute atomic E-state index is 12.3. The van der Waals surface area contributed by atoms with Crippen molar-refractivity contribution in [3.05, 3.63) is 53.7 Å². The average Bonchev–Trinajstić information content (AvgIpc) is 3.28. The molecule has 0 saturated carbocycles. The van der Waals surface area contributed by atoms with Gasteiger partial charge in [0, 0.05) is 38.9 Å². The van der Waals surface area contributed by atoms with Crippen molar-refractivity contribution in [2.75, 3.05) is 46.7 Å². The lowest BCUT2D eigenvalue weighted by molar-refractivity contribution is 0.0823. The van der Waals surface area contributed by atoms with E-state index in [0.717, 1.165) is 25.1 Å². The third kappa shape index (κ3) is 5.47. The van der Waals surface area contributed by atoms with Gasteiger partial charge in [-0.2, -0.15) is 10.2 Å². The zero-order chi connectivity index (χ0) is 24.9. The van der Waals surface area contributed by atoms with E-state index in [1.165, 1.54) is 12.0 Å². The highest BCUT2D eigenvalue weighted by molar-refractivity contribution is 5.96. The molecule has 10 nitrogen and oxygen atoms in total. The Labute approximate surface area is 204 Å². The highest BCUT2D eigenvalue weighted by Gasteiger charge is 2.22. The molecule has 1 amide bonds. The lowest BCUT2D eigenvalue weighted by Gasteiger charge is -2.15. The van der Waals surface area contributed by atoms with Crippen LogP contribution in [0.5, 0.6) is 11.6 Å². The van der Waals surface area contributed by atoms with Gasteiger partial charge < -0.3 is 24.6 Å². The van der Waals surface area contributed by atoms with Crippen LogP contribution in [0.15, 0.2) is 42.6 Å². The number of ether oxygens (including phenoxy) is 2. The summed E-state index contributed by atoms with van der Waals surface area (Å²) in [6.45, 7) is 1.83. The fourth-order valence-corrected chi connectivity index (χ4v) is 3.81. The fraction of sp³-hybridized carbons (Fsp3) is 0.320. The number of amides is 1. The van der Waals surface area contributed by atoms with Crippen LogP contribution in [0.25, 0.3) is 11.3 Å². The zero-order valence-corrected chi connectivity index (χ0v) is 20.1. The summed E-state index contributed by atoms with van der Waals surface area (Å²) in [5, 5.41) is 12.7. The lowest BCUT2D eigenvalue weighted by Crippen LogP contribution is -2.22. The van der Waals surface area contributed by atoms with Gasteiger partial charge in [0.15, 0.2) is 0 Å². The molecule has 1 aliphatic rings. The molecule has 1 unspecified atom stereocenters. The Hall–Kier alpha value is -4.23. The number of anilines is 2. The molecule has 1 N–H and O–H groups in total. The number of likely N-dealkylation sites (tertiary alicyclic amines) is 1. The van der Waals surface area contributed by atoms with Crippen LogP contribution in [0, 0.1) is 11.3 Å². The smallest absolute Gasteiger partial charge is 0.258 e. The number of methoxy groups -OCH3 is 1. The molecule has 3 heterocycles. The number of hydrogen-bond acceptors (Lipinski definition) is 9. The van der Waals surface area contributed by atoms with E-state index in [4.69, 9.17) is 9.47 Å². The average molecular weight is 474 g/mol. The maximum Gasteiger partial charge on any atom is 0.258 e. The minimum absolute atomic E-state index is 0.0803. The molecule has 1 atom stereocenters. The molecule has 0 aliphatic carbocycles. The van der Waals surface area contributed by atoms with Gasteiger partial charge in [0.05, 0.1) is 18.4 Å². The minimum Gasteiger partial charge on any atom is -0.488 e. The van der Waals surface area contributed by atoms with Crippen molar-refractivity contribution in [2.45, 2.75) is 12.5 Å². The summed E-state index contributed by atoms with van der Waals surface area (Å²) >= 11 is 0. The first kappa shape index (κ1) is 23.9. The van der Waals surface area contributed by atoms with Crippen molar-refractivity contribution in [3.63, 3.8) is 0 Å². The second kappa shape index (κ2) is 10.4. The van der Waals surface area contributed by atoms with E-state index in [1.54, 1.807) is 44.6 Å². The number of hydrogen-bond donors (Lipinski definition) is 1. The summed E-state index contributed by atoms with van der Waals surface area (Å²) in [6, 6.07) is 12.8. The van der Waals surface area contributed by atoms with Crippen LogP contribution in [0.2, 0.25) is 0 Å². The third-order valence-electron chi connectivity index (χ3n) is 5.62. The van der Waals surface area contributed by atoms with Crippen LogP contribution in [0.4, 0.5) is 11.8 Å². The zero-order valence-electron chi connectivity index (χ0n) is 20.1. The summed E-state index contributed by atoms with van der Waals surface area (Å²) in [7, 11) is 6.84. The normalized spacial score (nSPS) is 15.3. The molecular formula is C25H27N7O3. The maximum atomic E-state index is 12.3. The van der Waals surface area contributed by atoms with Gasteiger partial charge in [-0.15, -0.1) is 0 Å². The summed E-state index contributed by atoms with van der Waals surface area (Å²) in [4.78, 5) is 29.2. The minimum atomic E-state index is -0.208. The van der Waals surface area contributed by atoms with E-state index in [-0.39, 0.29) is 17.9 Å². The van der Waals surface area contributed by atoms with Crippen LogP contribution in [-0.2, 0) is 0 Å². The number of nitrogens with zero attached hydrogens (tertiary/aromatic N) is 6. The first-order valence-corrected chi connectivity index (χ1v) is 11.1. The van der Waals surface area contributed by atoms with Crippen LogP contribution in [0.3, 0.4) is 0 Å². The molecule has 0 bridgehead atoms. The van der Waals surface area contributed by atoms with E-state index in [0.29, 0.717) is 34.3 Å². The monoisotopic (exact) mass is 473 g/mol. The van der Waals surface area contributed by atoms with Gasteiger partial charge in [-0.25, -0.2) is 9.97 Å². The van der Waals surface area contributed by atoms with Crippen LogP contribution in [-0.4, -0.2) is 78.1 Å². The Balaban J connectivity index is 1.54. The van der Waals surface area contributed by atoms with Crippen molar-refractivity contribution in [2.24, 2.45) is 0 Å². The molecule has 0 spiro atoms. The largest absolute Gasteiger partial charge is 0.488 e. The molecular weight excluding hydrogens is 446 g/mol. The highest BCUT2D eigenvalue weighted by Crippen LogP contribution is 2.28. The Bertz CT molecular complexity index is 1270. The number of pyridine rings is 1. The standard InChI is InChI=1S/C25H27N7O3/c1-31(2)24(33)19-6-8-22(29-23(19)34-4)30-25-27-11-9-20(28-25)16-5-7-21(17(13-16)14-26)35-18-10-12-32(3)15-18/h5-9,11,13,18H,10,12,15H2,1-4H3,(H,27,28,29,30). The summed E-state index contributed by atoms with van der Waals surface area (Å²) < 4.78 is 11.4. The van der Waals surface area contributed by atoms with Gasteiger partial charge in [-0.3, -0.25) is 4.79 Å². The predicted molar refractivity (Wildman–Crippen MR) is 131 cm³/mol. The number of likely N-dealkylation sites (N-methyl/N-ethyl adjacent to an activating group) is 1. The summed E-state index contributed by atoms with van der Waals surface area (Å²) in [5.41, 5.74) is 2.21. The SMILES string of the molecule is COc1nc(Nc2nccc(-c3ccc(OC4CCN(C)C4)c(C#N)c3)n2)ccc1C(=O)N(C)C. The van der Waals surface area contributed by atoms with Crippen LogP contribution < -0.4 is 14.8 Å². The molecule has 1 aromatic carbocycles. The second-order valence-corrected chi connectivity index (χ2v) is 8.46. The number of carbonyl (C=O) groups excluding carboxylic acids is 1. The van der Waals surface area contributed by atoms with Gasteiger partial charge in [-0.1, -0.05) is 0 Å². The molecule has 1 saturated heterocycles. The highest BCUT2D eigenvalue weighted by atomic mass is 16.5. The Morgan fingerprint density at radius 3 is 2.74 bits per heavy atom. The molecule has 10 heteroatoms. The summed E-state index contributed by atoms with van der Waals surface area (Å²) in [6.07, 6.45) is 2.64. The first-order chi connectivity index (χ1) is 16.9. The van der Waals surface area contributed by atoms with E-state index < -0.39 is 0 Å². The Kier molecular flexibility index (Phi) is 7.08. The lowest BCUT2D eigenvalue weighted by atomic mass is 10.1. The number of rotatable bonds is 7. The van der Waals surface area contributed by atoms with Crippen molar-refractivity contribution in [1.82, 2.24) is 24.8 Å². The third-order valence-corrected chi connectivity index (χ3v) is 5.62. The summed E-state index contributed by atoms with van der Waals surface area (Å²) in [5.74, 6) is 1.31. The number of carbonyl (C=O) groups is 1. The van der Waals surface area contributed by atoms with E-state index in [9.17, 15) is 10.1 Å². The molecule has 2 aromatic heterocycles. The van der Waals surface area contributed by atoms with Crippen LogP contribution >= 0.6 is 0 Å². The van der Waals surface area contributed by atoms with Crippen molar-refractivity contribution in [1.29, 1.82) is 5.26 Å². The number of benzene rings is 1. The Morgan fingerprint density at radius 2 is 2.06 bits per heavy atom. The van der Waals surface area contributed by atoms with Crippen molar-refractivity contribution in [3.8, 4) is 29.0 Å². The van der Waals surface area contributed by atoms with E-state index in [1.807, 2.05) is 12.1 Å². The molecule has 1 aliphatic heterocycles. The van der Waals surface area contributed by atoms with Crippen molar-refractivity contribution >= 4 is 17.7 Å². The topological polar surface area (TPSA) is 116 Å². The van der Waals surface area contributed by atoms with Crippen molar-refractivity contribution < 1.29 is 14.3 Å². The van der Waals surface area contributed by atoms with Gasteiger partial charge in [0.2, 0.25) is 11.8 Å². The second-order valence-electron chi connectivity index (χ2n) is 8.46. The molecule has 35 heavy (non-hydrogen) atoms. The van der Waals surface area contributed by atoms with E-state index in [2.05, 4.69) is 38.3 Å². The molecule has 180 valence electrons. The quantitative estimate of drug-likeness (QED) is 0.553. The molecule has 1 fully saturated rings. The van der Waals surface area contributed by atoms with Gasteiger partial charge in [-0.05, 0) is 49.9 Å².